The quantitative estimate of drug-likeness (QED) is 0.418. The van der Waals surface area contributed by atoms with Crippen molar-refractivity contribution in [2.24, 2.45) is 0 Å². The number of halogens is 1. The van der Waals surface area contributed by atoms with Crippen LogP contribution in [0.15, 0.2) is 60.7 Å². The Morgan fingerprint density at radius 2 is 1.67 bits per heavy atom. The van der Waals surface area contributed by atoms with Gasteiger partial charge in [-0.15, -0.1) is 0 Å². The summed E-state index contributed by atoms with van der Waals surface area (Å²) in [6.45, 7) is 8.15. The topological polar surface area (TPSA) is 62.2 Å². The summed E-state index contributed by atoms with van der Waals surface area (Å²) >= 11 is 0. The summed E-state index contributed by atoms with van der Waals surface area (Å²) < 4.78 is 26.5. The average molecular weight is 533 g/mol. The van der Waals surface area contributed by atoms with Gasteiger partial charge in [0, 0.05) is 49.4 Å². The zero-order valence-electron chi connectivity index (χ0n) is 23.1. The Morgan fingerprint density at radius 1 is 0.949 bits per heavy atom. The predicted molar refractivity (Wildman–Crippen MR) is 150 cm³/mol. The van der Waals surface area contributed by atoms with Crippen molar-refractivity contribution >= 4 is 11.8 Å². The van der Waals surface area contributed by atoms with Crippen molar-refractivity contribution in [3.8, 4) is 11.5 Å². The van der Waals surface area contributed by atoms with Crippen LogP contribution in [-0.2, 0) is 11.2 Å². The molecule has 1 aliphatic heterocycles. The Labute approximate surface area is 230 Å². The molecule has 0 bridgehead atoms. The summed E-state index contributed by atoms with van der Waals surface area (Å²) in [5.74, 6) is 0.590. The third kappa shape index (κ3) is 5.68. The molecule has 3 aromatic carbocycles. The SMILES string of the molecule is COc1cc(N2CCN(C(=O)OC(C)(C)C)CC2)ccc1[C@@H]1c2ccc(O)cc2CC[C@@H]1c1ccccc1F. The zero-order valence-corrected chi connectivity index (χ0v) is 23.1. The van der Waals surface area contributed by atoms with Gasteiger partial charge in [-0.05, 0) is 80.5 Å². The van der Waals surface area contributed by atoms with Crippen LogP contribution in [0.1, 0.15) is 61.3 Å². The molecular weight excluding hydrogens is 495 g/mol. The number of fused-ring (bicyclic) bond motifs is 1. The Bertz CT molecular complexity index is 1340. The largest absolute Gasteiger partial charge is 0.508 e. The second-order valence-corrected chi connectivity index (χ2v) is 11.4. The number of ether oxygens (including phenoxy) is 2. The number of nitrogens with zero attached hydrogens (tertiary/aromatic N) is 2. The molecule has 1 saturated heterocycles. The summed E-state index contributed by atoms with van der Waals surface area (Å²) in [5, 5.41) is 10.1. The third-order valence-electron chi connectivity index (χ3n) is 7.74. The Balaban J connectivity index is 1.45. The van der Waals surface area contributed by atoms with Crippen molar-refractivity contribution in [1.82, 2.24) is 4.90 Å². The predicted octanol–water partition coefficient (Wildman–Crippen LogP) is 6.46. The van der Waals surface area contributed by atoms with Crippen LogP contribution in [0.3, 0.4) is 0 Å². The number of carbonyl (C=O) groups excluding carboxylic acids is 1. The number of rotatable bonds is 4. The van der Waals surface area contributed by atoms with Gasteiger partial charge < -0.3 is 24.4 Å². The highest BCUT2D eigenvalue weighted by Crippen LogP contribution is 2.50. The van der Waals surface area contributed by atoms with Crippen LogP contribution in [-0.4, -0.2) is 55.0 Å². The van der Waals surface area contributed by atoms with Crippen LogP contribution >= 0.6 is 0 Å². The van der Waals surface area contributed by atoms with E-state index in [1.165, 1.54) is 6.07 Å². The minimum absolute atomic E-state index is 0.0691. The summed E-state index contributed by atoms with van der Waals surface area (Å²) in [5.41, 5.74) is 4.36. The molecule has 1 amide bonds. The Hall–Kier alpha value is -3.74. The number of carbonyl (C=O) groups is 1. The molecule has 0 aromatic heterocycles. The number of phenolic OH excluding ortho intramolecular Hbond substituents is 1. The van der Waals surface area contributed by atoms with Crippen LogP contribution in [0.25, 0.3) is 0 Å². The van der Waals surface area contributed by atoms with Gasteiger partial charge in [0.15, 0.2) is 0 Å². The van der Waals surface area contributed by atoms with Crippen molar-refractivity contribution in [3.63, 3.8) is 0 Å². The van der Waals surface area contributed by atoms with Gasteiger partial charge in [-0.3, -0.25) is 0 Å². The first kappa shape index (κ1) is 26.9. The van der Waals surface area contributed by atoms with Gasteiger partial charge in [0.1, 0.15) is 22.9 Å². The summed E-state index contributed by atoms with van der Waals surface area (Å²) in [6, 6.07) is 18.7. The molecule has 206 valence electrons. The lowest BCUT2D eigenvalue weighted by Crippen LogP contribution is -2.50. The second kappa shape index (κ2) is 10.8. The molecule has 0 unspecified atom stereocenters. The van der Waals surface area contributed by atoms with Crippen molar-refractivity contribution in [3.05, 3.63) is 88.7 Å². The highest BCUT2D eigenvalue weighted by molar-refractivity contribution is 5.69. The lowest BCUT2D eigenvalue weighted by atomic mass is 9.69. The molecule has 1 aliphatic carbocycles. The molecule has 6 nitrogen and oxygen atoms in total. The summed E-state index contributed by atoms with van der Waals surface area (Å²) in [7, 11) is 1.67. The van der Waals surface area contributed by atoms with Gasteiger partial charge in [0.05, 0.1) is 7.11 Å². The number of piperazine rings is 1. The molecule has 2 atom stereocenters. The first-order valence-electron chi connectivity index (χ1n) is 13.6. The Kier molecular flexibility index (Phi) is 7.43. The molecule has 1 fully saturated rings. The molecule has 1 heterocycles. The minimum Gasteiger partial charge on any atom is -0.508 e. The van der Waals surface area contributed by atoms with Gasteiger partial charge in [0.25, 0.3) is 0 Å². The van der Waals surface area contributed by atoms with E-state index in [4.69, 9.17) is 9.47 Å². The molecule has 7 heteroatoms. The smallest absolute Gasteiger partial charge is 0.410 e. The monoisotopic (exact) mass is 532 g/mol. The first-order chi connectivity index (χ1) is 18.6. The summed E-state index contributed by atoms with van der Waals surface area (Å²) in [6.07, 6.45) is 1.25. The third-order valence-corrected chi connectivity index (χ3v) is 7.74. The number of hydrogen-bond donors (Lipinski definition) is 1. The van der Waals surface area contributed by atoms with Gasteiger partial charge in [-0.25, -0.2) is 9.18 Å². The lowest BCUT2D eigenvalue weighted by molar-refractivity contribution is 0.0240. The molecule has 0 saturated carbocycles. The molecule has 39 heavy (non-hydrogen) atoms. The standard InChI is InChI=1S/C32H37FN2O4/c1-32(2,3)39-31(37)35-17-15-34(16-18-35)22-10-13-27(29(20-22)38-4)30-24-14-11-23(36)19-21(24)9-12-26(30)25-7-5-6-8-28(25)33/h5-8,10-11,13-14,19-20,26,30,36H,9,12,15-18H2,1-4H3/t26-,30-/m1/s1. The van der Waals surface area contributed by atoms with Crippen LogP contribution in [0, 0.1) is 5.82 Å². The highest BCUT2D eigenvalue weighted by atomic mass is 19.1. The molecule has 1 N–H and O–H groups in total. The van der Waals surface area contributed by atoms with Crippen molar-refractivity contribution in [2.45, 2.75) is 51.0 Å². The van der Waals surface area contributed by atoms with Gasteiger partial charge in [-0.1, -0.05) is 30.3 Å². The highest BCUT2D eigenvalue weighted by Gasteiger charge is 2.35. The fourth-order valence-corrected chi connectivity index (χ4v) is 5.93. The van der Waals surface area contributed by atoms with E-state index in [1.54, 1.807) is 24.1 Å². The number of amides is 1. The maximum absolute atomic E-state index is 15.1. The average Bonchev–Trinajstić information content (AvgIpc) is 2.91. The zero-order chi connectivity index (χ0) is 27.7. The van der Waals surface area contributed by atoms with Crippen LogP contribution in [0.4, 0.5) is 14.9 Å². The van der Waals surface area contributed by atoms with E-state index in [2.05, 4.69) is 17.0 Å². The normalized spacial score (nSPS) is 19.4. The number of aromatic hydroxyl groups is 1. The van der Waals surface area contributed by atoms with Gasteiger partial charge in [0.2, 0.25) is 0 Å². The van der Waals surface area contributed by atoms with Gasteiger partial charge in [-0.2, -0.15) is 0 Å². The van der Waals surface area contributed by atoms with Gasteiger partial charge >= 0.3 is 6.09 Å². The van der Waals surface area contributed by atoms with E-state index in [0.29, 0.717) is 31.7 Å². The number of benzene rings is 3. The van der Waals surface area contributed by atoms with E-state index in [-0.39, 0.29) is 29.5 Å². The number of methoxy groups -OCH3 is 1. The molecular formula is C32H37FN2O4. The number of anilines is 1. The van der Waals surface area contributed by atoms with E-state index < -0.39 is 5.60 Å². The number of hydrogen-bond acceptors (Lipinski definition) is 5. The molecule has 5 rings (SSSR count). The Morgan fingerprint density at radius 3 is 2.36 bits per heavy atom. The van der Waals surface area contributed by atoms with Crippen LogP contribution in [0.5, 0.6) is 11.5 Å². The summed E-state index contributed by atoms with van der Waals surface area (Å²) in [4.78, 5) is 16.5. The van der Waals surface area contributed by atoms with Crippen molar-refractivity contribution < 1.29 is 23.8 Å². The molecule has 0 spiro atoms. The van der Waals surface area contributed by atoms with Crippen molar-refractivity contribution in [1.29, 1.82) is 0 Å². The fraction of sp³-hybridized carbons (Fsp3) is 0.406. The lowest BCUT2D eigenvalue weighted by Gasteiger charge is -2.38. The van der Waals surface area contributed by atoms with E-state index >= 15 is 4.39 Å². The molecule has 0 radical (unpaired) electrons. The number of phenols is 1. The van der Waals surface area contributed by atoms with E-state index in [1.807, 2.05) is 51.1 Å². The second-order valence-electron chi connectivity index (χ2n) is 11.4. The maximum Gasteiger partial charge on any atom is 0.410 e. The van der Waals surface area contributed by atoms with Crippen molar-refractivity contribution in [2.75, 3.05) is 38.2 Å². The molecule has 2 aliphatic rings. The number of aryl methyl sites for hydroxylation is 1. The van der Waals surface area contributed by atoms with Crippen LogP contribution < -0.4 is 9.64 Å². The maximum atomic E-state index is 15.1. The van der Waals surface area contributed by atoms with E-state index in [0.717, 1.165) is 41.0 Å². The van der Waals surface area contributed by atoms with E-state index in [9.17, 15) is 9.90 Å². The molecule has 3 aromatic rings. The van der Waals surface area contributed by atoms with Crippen LogP contribution in [0.2, 0.25) is 0 Å². The minimum atomic E-state index is -0.519. The fourth-order valence-electron chi connectivity index (χ4n) is 5.93. The first-order valence-corrected chi connectivity index (χ1v) is 13.6.